The molecule has 0 saturated heterocycles. The molecule has 1 heterocycles. The molecule has 23 heavy (non-hydrogen) atoms. The van der Waals surface area contributed by atoms with Gasteiger partial charge in [-0.3, -0.25) is 9.79 Å². The van der Waals surface area contributed by atoms with Gasteiger partial charge in [0.05, 0.1) is 6.34 Å². The first-order chi connectivity index (χ1) is 11.2. The number of hydrogen-bond donors (Lipinski definition) is 2. The second kappa shape index (κ2) is 7.59. The molecular weight excluding hydrogens is 288 g/mol. The summed E-state index contributed by atoms with van der Waals surface area (Å²) in [7, 11) is 0. The van der Waals surface area contributed by atoms with Crippen LogP contribution < -0.4 is 11.1 Å². The summed E-state index contributed by atoms with van der Waals surface area (Å²) in [6.07, 6.45) is 7.41. The van der Waals surface area contributed by atoms with Crippen molar-refractivity contribution in [1.82, 2.24) is 10.2 Å². The normalized spacial score (nSPS) is 25.9. The Bertz CT molecular complexity index is 537. The number of rotatable bonds is 4. The smallest absolute Gasteiger partial charge is 0.241 e. The van der Waals surface area contributed by atoms with E-state index in [0.29, 0.717) is 6.04 Å². The molecule has 3 rings (SSSR count). The molecular formula is C18H26N4O. The number of nitrogens with one attached hydrogen (secondary N) is 1. The van der Waals surface area contributed by atoms with Gasteiger partial charge in [0.2, 0.25) is 5.91 Å². The van der Waals surface area contributed by atoms with Gasteiger partial charge in [0, 0.05) is 25.2 Å². The van der Waals surface area contributed by atoms with Gasteiger partial charge in [0.1, 0.15) is 6.04 Å². The van der Waals surface area contributed by atoms with Crippen molar-refractivity contribution in [3.05, 3.63) is 35.9 Å². The molecule has 2 aliphatic rings. The quantitative estimate of drug-likeness (QED) is 0.891. The summed E-state index contributed by atoms with van der Waals surface area (Å²) in [6, 6.07) is 9.79. The van der Waals surface area contributed by atoms with Crippen LogP contribution in [0.15, 0.2) is 35.3 Å². The van der Waals surface area contributed by atoms with Crippen LogP contribution in [0.3, 0.4) is 0 Å². The van der Waals surface area contributed by atoms with Crippen molar-refractivity contribution in [3.8, 4) is 0 Å². The number of carbonyl (C=O) groups is 1. The van der Waals surface area contributed by atoms with E-state index in [2.05, 4.69) is 15.2 Å². The van der Waals surface area contributed by atoms with Gasteiger partial charge < -0.3 is 16.0 Å². The second-order valence-corrected chi connectivity index (χ2v) is 6.52. The SMILES string of the molecule is NC(C(=O)NC1CCC(N2C=NCCC2)CC1)c1ccccc1. The Balaban J connectivity index is 1.47. The van der Waals surface area contributed by atoms with Crippen molar-refractivity contribution >= 4 is 12.2 Å². The molecule has 0 bridgehead atoms. The van der Waals surface area contributed by atoms with Gasteiger partial charge >= 0.3 is 0 Å². The fraction of sp³-hybridized carbons (Fsp3) is 0.556. The minimum absolute atomic E-state index is 0.0702. The summed E-state index contributed by atoms with van der Waals surface area (Å²) in [5.41, 5.74) is 6.93. The Morgan fingerprint density at radius 3 is 2.61 bits per heavy atom. The van der Waals surface area contributed by atoms with Crippen molar-refractivity contribution in [3.63, 3.8) is 0 Å². The average Bonchev–Trinajstić information content (AvgIpc) is 2.63. The molecule has 1 aromatic carbocycles. The molecule has 5 nitrogen and oxygen atoms in total. The highest BCUT2D eigenvalue weighted by atomic mass is 16.2. The molecule has 0 aromatic heterocycles. The standard InChI is InChI=1S/C18H26N4O/c19-17(14-5-2-1-3-6-14)18(23)21-15-7-9-16(10-8-15)22-12-4-11-20-13-22/h1-3,5-6,13,15-17H,4,7-12,19H2,(H,21,23). The van der Waals surface area contributed by atoms with Gasteiger partial charge in [-0.1, -0.05) is 30.3 Å². The molecule has 3 N–H and O–H groups in total. The van der Waals surface area contributed by atoms with Crippen LogP contribution in [0.1, 0.15) is 43.7 Å². The van der Waals surface area contributed by atoms with E-state index in [0.717, 1.165) is 50.8 Å². The lowest BCUT2D eigenvalue weighted by atomic mass is 9.89. The van der Waals surface area contributed by atoms with Crippen LogP contribution in [-0.4, -0.2) is 42.3 Å². The van der Waals surface area contributed by atoms with Crippen LogP contribution in [0, 0.1) is 0 Å². The maximum atomic E-state index is 12.3. The monoisotopic (exact) mass is 314 g/mol. The molecule has 124 valence electrons. The highest BCUT2D eigenvalue weighted by Gasteiger charge is 2.27. The third-order valence-corrected chi connectivity index (χ3v) is 4.89. The summed E-state index contributed by atoms with van der Waals surface area (Å²) >= 11 is 0. The molecule has 1 saturated carbocycles. The van der Waals surface area contributed by atoms with Crippen molar-refractivity contribution in [2.45, 2.75) is 50.2 Å². The summed E-state index contributed by atoms with van der Waals surface area (Å²) in [4.78, 5) is 19.1. The van der Waals surface area contributed by atoms with E-state index < -0.39 is 6.04 Å². The molecule has 1 amide bonds. The van der Waals surface area contributed by atoms with E-state index in [4.69, 9.17) is 5.73 Å². The molecule has 0 radical (unpaired) electrons. The zero-order chi connectivity index (χ0) is 16.1. The molecule has 0 spiro atoms. The Kier molecular flexibility index (Phi) is 5.28. The minimum atomic E-state index is -0.580. The number of aliphatic imine (C=N–C) groups is 1. The highest BCUT2D eigenvalue weighted by molar-refractivity contribution is 5.83. The lowest BCUT2D eigenvalue weighted by Gasteiger charge is -2.37. The van der Waals surface area contributed by atoms with Gasteiger partial charge in [0.25, 0.3) is 0 Å². The van der Waals surface area contributed by atoms with Crippen molar-refractivity contribution in [2.75, 3.05) is 13.1 Å². The zero-order valence-electron chi connectivity index (χ0n) is 13.5. The highest BCUT2D eigenvalue weighted by Crippen LogP contribution is 2.24. The predicted octanol–water partition coefficient (Wildman–Crippen LogP) is 1.85. The van der Waals surface area contributed by atoms with Crippen LogP contribution in [0.2, 0.25) is 0 Å². The fourth-order valence-electron chi connectivity index (χ4n) is 3.50. The third kappa shape index (κ3) is 4.10. The first-order valence-electron chi connectivity index (χ1n) is 8.60. The van der Waals surface area contributed by atoms with Gasteiger partial charge in [-0.2, -0.15) is 0 Å². The summed E-state index contributed by atoms with van der Waals surface area (Å²) in [5.74, 6) is -0.0702. The van der Waals surface area contributed by atoms with Gasteiger partial charge in [-0.05, 0) is 37.7 Å². The average molecular weight is 314 g/mol. The third-order valence-electron chi connectivity index (χ3n) is 4.89. The Hall–Kier alpha value is -1.88. The summed E-state index contributed by atoms with van der Waals surface area (Å²) in [6.45, 7) is 2.07. The Morgan fingerprint density at radius 2 is 1.96 bits per heavy atom. The van der Waals surface area contributed by atoms with Gasteiger partial charge in [-0.15, -0.1) is 0 Å². The van der Waals surface area contributed by atoms with Gasteiger partial charge in [0.15, 0.2) is 0 Å². The zero-order valence-corrected chi connectivity index (χ0v) is 13.5. The first-order valence-corrected chi connectivity index (χ1v) is 8.60. The van der Waals surface area contributed by atoms with Gasteiger partial charge in [-0.25, -0.2) is 0 Å². The molecule has 1 aliphatic carbocycles. The van der Waals surface area contributed by atoms with E-state index in [-0.39, 0.29) is 11.9 Å². The number of amides is 1. The Morgan fingerprint density at radius 1 is 1.22 bits per heavy atom. The van der Waals surface area contributed by atoms with E-state index in [1.165, 1.54) is 0 Å². The fourth-order valence-corrected chi connectivity index (χ4v) is 3.50. The van der Waals surface area contributed by atoms with Crippen LogP contribution in [0.5, 0.6) is 0 Å². The largest absolute Gasteiger partial charge is 0.360 e. The summed E-state index contributed by atoms with van der Waals surface area (Å²) < 4.78 is 0. The number of nitrogens with zero attached hydrogens (tertiary/aromatic N) is 2. The number of hydrogen-bond acceptors (Lipinski definition) is 4. The van der Waals surface area contributed by atoms with E-state index in [1.54, 1.807) is 0 Å². The number of benzene rings is 1. The second-order valence-electron chi connectivity index (χ2n) is 6.52. The molecule has 1 fully saturated rings. The Labute approximate surface area is 138 Å². The van der Waals surface area contributed by atoms with Crippen molar-refractivity contribution in [1.29, 1.82) is 0 Å². The molecule has 5 heteroatoms. The maximum absolute atomic E-state index is 12.3. The maximum Gasteiger partial charge on any atom is 0.241 e. The van der Waals surface area contributed by atoms with Crippen LogP contribution >= 0.6 is 0 Å². The van der Waals surface area contributed by atoms with Crippen LogP contribution in [0.4, 0.5) is 0 Å². The molecule has 1 aliphatic heterocycles. The number of carbonyl (C=O) groups excluding carboxylic acids is 1. The van der Waals surface area contributed by atoms with Crippen molar-refractivity contribution < 1.29 is 4.79 Å². The van der Waals surface area contributed by atoms with Crippen LogP contribution in [-0.2, 0) is 4.79 Å². The lowest BCUT2D eigenvalue weighted by Crippen LogP contribution is -2.46. The first kappa shape index (κ1) is 16.0. The van der Waals surface area contributed by atoms with E-state index in [1.807, 2.05) is 36.7 Å². The topological polar surface area (TPSA) is 70.7 Å². The lowest BCUT2D eigenvalue weighted by molar-refractivity contribution is -0.123. The number of nitrogens with two attached hydrogens (primary N) is 1. The molecule has 1 unspecified atom stereocenters. The van der Waals surface area contributed by atoms with E-state index >= 15 is 0 Å². The van der Waals surface area contributed by atoms with Crippen LogP contribution in [0.25, 0.3) is 0 Å². The molecule has 1 atom stereocenters. The predicted molar refractivity (Wildman–Crippen MR) is 92.2 cm³/mol. The minimum Gasteiger partial charge on any atom is -0.360 e. The van der Waals surface area contributed by atoms with E-state index in [9.17, 15) is 4.79 Å². The van der Waals surface area contributed by atoms with Crippen molar-refractivity contribution in [2.24, 2.45) is 10.7 Å². The summed E-state index contributed by atoms with van der Waals surface area (Å²) in [5, 5.41) is 3.12. The molecule has 1 aromatic rings.